The van der Waals surface area contributed by atoms with E-state index < -0.39 is 26.9 Å². The topological polar surface area (TPSA) is 104 Å². The number of halogens is 3. The largest absolute Gasteiger partial charge is 0.435 e. The fourth-order valence-electron chi connectivity index (χ4n) is 3.04. The zero-order valence-electron chi connectivity index (χ0n) is 15.8. The van der Waals surface area contributed by atoms with E-state index in [0.717, 1.165) is 39.0 Å². The second kappa shape index (κ2) is 7.55. The van der Waals surface area contributed by atoms with Gasteiger partial charge in [-0.1, -0.05) is 12.1 Å². The maximum absolute atomic E-state index is 13.4. The highest BCUT2D eigenvalue weighted by molar-refractivity contribution is 7.89. The van der Waals surface area contributed by atoms with Gasteiger partial charge < -0.3 is 0 Å². The lowest BCUT2D eigenvalue weighted by molar-refractivity contribution is -0.141. The van der Waals surface area contributed by atoms with Crippen LogP contribution in [0.25, 0.3) is 27.4 Å². The lowest BCUT2D eigenvalue weighted by Crippen LogP contribution is -2.14. The van der Waals surface area contributed by atoms with Gasteiger partial charge in [0.05, 0.1) is 28.0 Å². The van der Waals surface area contributed by atoms with Crippen LogP contribution in [0, 0.1) is 6.92 Å². The molecular formula is C19H14F3N5O2S2. The lowest BCUT2D eigenvalue weighted by Gasteiger charge is -2.10. The Labute approximate surface area is 179 Å². The van der Waals surface area contributed by atoms with Gasteiger partial charge in [0, 0.05) is 11.8 Å². The summed E-state index contributed by atoms with van der Waals surface area (Å²) in [7, 11) is -4.04. The molecule has 0 saturated heterocycles. The Morgan fingerprint density at radius 1 is 1.10 bits per heavy atom. The lowest BCUT2D eigenvalue weighted by atomic mass is 10.0. The molecule has 0 aliphatic carbocycles. The van der Waals surface area contributed by atoms with Crippen molar-refractivity contribution in [3.8, 4) is 27.4 Å². The number of rotatable bonds is 4. The van der Waals surface area contributed by atoms with Crippen LogP contribution in [0.5, 0.6) is 0 Å². The summed E-state index contributed by atoms with van der Waals surface area (Å²) in [6.45, 7) is 1.85. The van der Waals surface area contributed by atoms with Crippen molar-refractivity contribution in [3.05, 3.63) is 65.6 Å². The van der Waals surface area contributed by atoms with Gasteiger partial charge in [0.1, 0.15) is 0 Å². The number of benzene rings is 1. The number of primary sulfonamides is 1. The minimum atomic E-state index is -4.66. The molecule has 0 spiro atoms. The first-order chi connectivity index (χ1) is 14.5. The SMILES string of the molecule is Cc1cc(-c2cc(C(F)(F)F)nn2-c2ccc(S(N)(=O)=O)nc2)ccc1-c1cncs1. The van der Waals surface area contributed by atoms with Crippen molar-refractivity contribution in [2.24, 2.45) is 5.14 Å². The summed E-state index contributed by atoms with van der Waals surface area (Å²) in [5.41, 5.74) is 3.23. The molecule has 31 heavy (non-hydrogen) atoms. The fraction of sp³-hybridized carbons (Fsp3) is 0.105. The molecule has 160 valence electrons. The Morgan fingerprint density at radius 3 is 2.42 bits per heavy atom. The van der Waals surface area contributed by atoms with Gasteiger partial charge in [-0.05, 0) is 42.3 Å². The maximum atomic E-state index is 13.4. The molecule has 0 amide bonds. The standard InChI is InChI=1S/C19H14F3N5O2S2/c1-11-6-12(2-4-14(11)16-9-24-10-30-16)15-7-17(19(20,21)22)26-27(15)13-3-5-18(25-8-13)31(23,28)29/h2-10H,1H3,(H2,23,28,29). The Hall–Kier alpha value is -3.09. The van der Waals surface area contributed by atoms with Crippen molar-refractivity contribution >= 4 is 21.4 Å². The van der Waals surface area contributed by atoms with Crippen molar-refractivity contribution in [1.82, 2.24) is 19.7 Å². The molecule has 2 N–H and O–H groups in total. The van der Waals surface area contributed by atoms with Gasteiger partial charge in [0.2, 0.25) is 0 Å². The third kappa shape index (κ3) is 4.22. The number of nitrogens with zero attached hydrogens (tertiary/aromatic N) is 4. The average molecular weight is 465 g/mol. The van der Waals surface area contributed by atoms with Gasteiger partial charge >= 0.3 is 6.18 Å². The quantitative estimate of drug-likeness (QED) is 0.490. The minimum absolute atomic E-state index is 0.155. The number of hydrogen-bond donors (Lipinski definition) is 1. The summed E-state index contributed by atoms with van der Waals surface area (Å²) in [5, 5.41) is 8.32. The summed E-state index contributed by atoms with van der Waals surface area (Å²) < 4.78 is 64.0. The van der Waals surface area contributed by atoms with Gasteiger partial charge in [-0.2, -0.15) is 18.3 Å². The van der Waals surface area contributed by atoms with Crippen molar-refractivity contribution in [2.75, 3.05) is 0 Å². The second-order valence-electron chi connectivity index (χ2n) is 6.62. The molecule has 0 unspecified atom stereocenters. The maximum Gasteiger partial charge on any atom is 0.435 e. The van der Waals surface area contributed by atoms with Crippen molar-refractivity contribution in [1.29, 1.82) is 0 Å². The Bertz CT molecular complexity index is 1350. The van der Waals surface area contributed by atoms with Crippen LogP contribution in [-0.4, -0.2) is 28.2 Å². The normalized spacial score (nSPS) is 12.3. The predicted molar refractivity (Wildman–Crippen MR) is 109 cm³/mol. The summed E-state index contributed by atoms with van der Waals surface area (Å²) >= 11 is 1.46. The van der Waals surface area contributed by atoms with Crippen molar-refractivity contribution < 1.29 is 21.6 Å². The first-order valence-corrected chi connectivity index (χ1v) is 11.1. The van der Waals surface area contributed by atoms with E-state index in [2.05, 4.69) is 15.1 Å². The van der Waals surface area contributed by atoms with Gasteiger partial charge in [0.15, 0.2) is 10.7 Å². The molecular weight excluding hydrogens is 451 g/mol. The number of sulfonamides is 1. The molecule has 4 aromatic rings. The highest BCUT2D eigenvalue weighted by Crippen LogP contribution is 2.35. The van der Waals surface area contributed by atoms with E-state index in [4.69, 9.17) is 5.14 Å². The highest BCUT2D eigenvalue weighted by Gasteiger charge is 2.35. The highest BCUT2D eigenvalue weighted by atomic mass is 32.2. The average Bonchev–Trinajstić information content (AvgIpc) is 3.37. The molecule has 0 atom stereocenters. The van der Waals surface area contributed by atoms with E-state index >= 15 is 0 Å². The van der Waals surface area contributed by atoms with Gasteiger partial charge in [-0.25, -0.2) is 23.2 Å². The van der Waals surface area contributed by atoms with E-state index in [0.29, 0.717) is 5.56 Å². The number of aromatic nitrogens is 4. The van der Waals surface area contributed by atoms with E-state index in [1.165, 1.54) is 17.4 Å². The van der Waals surface area contributed by atoms with Crippen molar-refractivity contribution in [3.63, 3.8) is 0 Å². The summed E-state index contributed by atoms with van der Waals surface area (Å²) in [6, 6.07) is 8.61. The monoisotopic (exact) mass is 465 g/mol. The molecule has 3 heterocycles. The minimum Gasteiger partial charge on any atom is -0.252 e. The van der Waals surface area contributed by atoms with E-state index in [9.17, 15) is 21.6 Å². The molecule has 0 radical (unpaired) electrons. The Kier molecular flexibility index (Phi) is 5.15. The number of hydrogen-bond acceptors (Lipinski definition) is 6. The third-order valence-electron chi connectivity index (χ3n) is 4.48. The first-order valence-electron chi connectivity index (χ1n) is 8.70. The van der Waals surface area contributed by atoms with Crippen LogP contribution in [-0.2, 0) is 16.2 Å². The summed E-state index contributed by atoms with van der Waals surface area (Å²) in [4.78, 5) is 8.73. The predicted octanol–water partition coefficient (Wildman–Crippen LogP) is 4.03. The van der Waals surface area contributed by atoms with Crippen LogP contribution in [0.3, 0.4) is 0 Å². The smallest absolute Gasteiger partial charge is 0.252 e. The van der Waals surface area contributed by atoms with Crippen LogP contribution in [0.15, 0.2) is 59.3 Å². The molecule has 0 aliphatic heterocycles. The van der Waals surface area contributed by atoms with Crippen LogP contribution in [0.1, 0.15) is 11.3 Å². The van der Waals surface area contributed by atoms with E-state index in [1.807, 2.05) is 13.0 Å². The zero-order valence-corrected chi connectivity index (χ0v) is 17.5. The van der Waals surface area contributed by atoms with Crippen LogP contribution in [0.2, 0.25) is 0 Å². The van der Waals surface area contributed by atoms with Crippen molar-refractivity contribution in [2.45, 2.75) is 18.1 Å². The van der Waals surface area contributed by atoms with E-state index in [1.54, 1.807) is 23.8 Å². The number of thiazole rings is 1. The molecule has 0 bridgehead atoms. The molecule has 12 heteroatoms. The van der Waals surface area contributed by atoms with Crippen LogP contribution >= 0.6 is 11.3 Å². The third-order valence-corrected chi connectivity index (χ3v) is 6.11. The molecule has 0 saturated carbocycles. The molecule has 1 aromatic carbocycles. The van der Waals surface area contributed by atoms with Gasteiger partial charge in [-0.15, -0.1) is 11.3 Å². The van der Waals surface area contributed by atoms with E-state index in [-0.39, 0.29) is 11.4 Å². The first kappa shape index (κ1) is 21.2. The summed E-state index contributed by atoms with van der Waals surface area (Å²) in [5.74, 6) is 0. The molecule has 4 rings (SSSR count). The molecule has 3 aromatic heterocycles. The number of nitrogens with two attached hydrogens (primary N) is 1. The fourth-order valence-corrected chi connectivity index (χ4v) is 4.21. The number of pyridine rings is 1. The number of alkyl halides is 3. The second-order valence-corrected chi connectivity index (χ2v) is 9.01. The molecule has 0 fully saturated rings. The Balaban J connectivity index is 1.84. The summed E-state index contributed by atoms with van der Waals surface area (Å²) in [6.07, 6.45) is -1.84. The number of aryl methyl sites for hydroxylation is 1. The van der Waals surface area contributed by atoms with Gasteiger partial charge in [0.25, 0.3) is 10.0 Å². The Morgan fingerprint density at radius 2 is 1.87 bits per heavy atom. The molecule has 7 nitrogen and oxygen atoms in total. The van der Waals surface area contributed by atoms with Crippen LogP contribution < -0.4 is 5.14 Å². The molecule has 0 aliphatic rings. The van der Waals surface area contributed by atoms with Crippen LogP contribution in [0.4, 0.5) is 13.2 Å². The van der Waals surface area contributed by atoms with Gasteiger partial charge in [-0.3, -0.25) is 4.98 Å². The zero-order chi connectivity index (χ0) is 22.4.